The lowest BCUT2D eigenvalue weighted by molar-refractivity contribution is -0.122. The standard InChI is InChI=1S/C31H30N2O5S/c1-5-37-31(36)25-18-27(22-11-7-6-8-12-22)39-30(25)33-29(35)23-14-16-24(17-15-23)38-21(4)28(34)32-26-13-9-10-19(2)20(26)3/h6-18,21H,5H2,1-4H3,(H,32,34)(H,33,35)/t21-/m0/s1. The molecule has 3 aromatic carbocycles. The van der Waals surface area contributed by atoms with Crippen LogP contribution in [0.25, 0.3) is 10.4 Å². The van der Waals surface area contributed by atoms with E-state index in [1.165, 1.54) is 11.3 Å². The van der Waals surface area contributed by atoms with Crippen molar-refractivity contribution in [1.82, 2.24) is 0 Å². The molecule has 7 nitrogen and oxygen atoms in total. The number of thiophene rings is 1. The summed E-state index contributed by atoms with van der Waals surface area (Å²) in [6.07, 6.45) is -0.751. The van der Waals surface area contributed by atoms with Gasteiger partial charge in [0.25, 0.3) is 11.8 Å². The van der Waals surface area contributed by atoms with Gasteiger partial charge in [-0.2, -0.15) is 0 Å². The Balaban J connectivity index is 1.44. The van der Waals surface area contributed by atoms with Gasteiger partial charge in [0.1, 0.15) is 10.8 Å². The number of carbonyl (C=O) groups is 3. The number of aryl methyl sites for hydroxylation is 1. The zero-order chi connectivity index (χ0) is 27.9. The van der Waals surface area contributed by atoms with Gasteiger partial charge in [0.05, 0.1) is 12.2 Å². The molecule has 8 heteroatoms. The third-order valence-corrected chi connectivity index (χ3v) is 7.27. The van der Waals surface area contributed by atoms with Gasteiger partial charge >= 0.3 is 5.97 Å². The summed E-state index contributed by atoms with van der Waals surface area (Å²) >= 11 is 1.31. The monoisotopic (exact) mass is 542 g/mol. The maximum Gasteiger partial charge on any atom is 0.341 e. The lowest BCUT2D eigenvalue weighted by Crippen LogP contribution is -2.30. The van der Waals surface area contributed by atoms with E-state index in [2.05, 4.69) is 10.6 Å². The van der Waals surface area contributed by atoms with Crippen LogP contribution in [0.4, 0.5) is 10.7 Å². The molecule has 0 aliphatic heterocycles. The van der Waals surface area contributed by atoms with E-state index in [0.29, 0.717) is 21.9 Å². The summed E-state index contributed by atoms with van der Waals surface area (Å²) in [4.78, 5) is 39.1. The molecule has 4 aromatic rings. The molecular weight excluding hydrogens is 512 g/mol. The van der Waals surface area contributed by atoms with Gasteiger partial charge in [-0.05, 0) is 80.8 Å². The Hall–Kier alpha value is -4.43. The van der Waals surface area contributed by atoms with Crippen LogP contribution in [0.5, 0.6) is 5.75 Å². The average molecular weight is 543 g/mol. The molecule has 0 saturated carbocycles. The summed E-state index contributed by atoms with van der Waals surface area (Å²) in [5, 5.41) is 6.16. The highest BCUT2D eigenvalue weighted by molar-refractivity contribution is 7.20. The van der Waals surface area contributed by atoms with Crippen molar-refractivity contribution < 1.29 is 23.9 Å². The van der Waals surface area contributed by atoms with Crippen molar-refractivity contribution in [1.29, 1.82) is 0 Å². The predicted octanol–water partition coefficient (Wildman–Crippen LogP) is 6.87. The molecule has 2 amide bonds. The van der Waals surface area contributed by atoms with E-state index in [1.807, 2.05) is 62.4 Å². The number of rotatable bonds is 9. The normalized spacial score (nSPS) is 11.4. The van der Waals surface area contributed by atoms with Crippen LogP contribution in [0, 0.1) is 13.8 Å². The summed E-state index contributed by atoms with van der Waals surface area (Å²) in [6, 6.07) is 23.6. The number of benzene rings is 3. The van der Waals surface area contributed by atoms with Crippen molar-refractivity contribution in [2.45, 2.75) is 33.8 Å². The van der Waals surface area contributed by atoms with E-state index >= 15 is 0 Å². The molecule has 4 rings (SSSR count). The van der Waals surface area contributed by atoms with Crippen molar-refractivity contribution in [3.05, 3.63) is 101 Å². The molecule has 2 N–H and O–H groups in total. The van der Waals surface area contributed by atoms with Gasteiger partial charge in [-0.15, -0.1) is 11.3 Å². The number of anilines is 2. The fourth-order valence-corrected chi connectivity index (χ4v) is 4.87. The maximum atomic E-state index is 13.0. The van der Waals surface area contributed by atoms with Crippen molar-refractivity contribution in [2.75, 3.05) is 17.2 Å². The topological polar surface area (TPSA) is 93.7 Å². The van der Waals surface area contributed by atoms with Crippen LogP contribution >= 0.6 is 11.3 Å². The van der Waals surface area contributed by atoms with Crippen LogP contribution in [0.15, 0.2) is 78.9 Å². The zero-order valence-electron chi connectivity index (χ0n) is 22.2. The molecule has 1 heterocycles. The fourth-order valence-electron chi connectivity index (χ4n) is 3.83. The molecule has 0 radical (unpaired) electrons. The van der Waals surface area contributed by atoms with Crippen LogP contribution in [0.2, 0.25) is 0 Å². The van der Waals surface area contributed by atoms with Gasteiger partial charge in [-0.1, -0.05) is 42.5 Å². The SMILES string of the molecule is CCOC(=O)c1cc(-c2ccccc2)sc1NC(=O)c1ccc(O[C@@H](C)C(=O)Nc2cccc(C)c2C)cc1. The molecular formula is C31H30N2O5S. The van der Waals surface area contributed by atoms with Gasteiger partial charge in [-0.3, -0.25) is 9.59 Å². The minimum absolute atomic E-state index is 0.227. The van der Waals surface area contributed by atoms with Crippen LogP contribution in [-0.2, 0) is 9.53 Å². The number of hydrogen-bond donors (Lipinski definition) is 2. The number of hydrogen-bond acceptors (Lipinski definition) is 6. The molecule has 0 aliphatic rings. The minimum Gasteiger partial charge on any atom is -0.481 e. The Labute approximate surface area is 231 Å². The minimum atomic E-state index is -0.751. The van der Waals surface area contributed by atoms with Gasteiger partial charge in [-0.25, -0.2) is 4.79 Å². The molecule has 1 atom stereocenters. The van der Waals surface area contributed by atoms with E-state index in [0.717, 1.165) is 27.3 Å². The van der Waals surface area contributed by atoms with E-state index in [-0.39, 0.29) is 18.4 Å². The lowest BCUT2D eigenvalue weighted by Gasteiger charge is -2.16. The highest BCUT2D eigenvalue weighted by Crippen LogP contribution is 2.36. The molecule has 200 valence electrons. The Morgan fingerprint density at radius 1 is 0.897 bits per heavy atom. The van der Waals surface area contributed by atoms with E-state index in [9.17, 15) is 14.4 Å². The van der Waals surface area contributed by atoms with E-state index < -0.39 is 12.1 Å². The highest BCUT2D eigenvalue weighted by Gasteiger charge is 2.21. The Morgan fingerprint density at radius 2 is 1.62 bits per heavy atom. The predicted molar refractivity (Wildman–Crippen MR) is 155 cm³/mol. The molecule has 0 saturated heterocycles. The number of esters is 1. The summed E-state index contributed by atoms with van der Waals surface area (Å²) < 4.78 is 11.0. The second-order valence-electron chi connectivity index (χ2n) is 8.92. The van der Waals surface area contributed by atoms with Gasteiger partial charge in [0.15, 0.2) is 6.10 Å². The molecule has 39 heavy (non-hydrogen) atoms. The third-order valence-electron chi connectivity index (χ3n) is 6.17. The van der Waals surface area contributed by atoms with Gasteiger partial charge in [0.2, 0.25) is 0 Å². The molecule has 0 bridgehead atoms. The van der Waals surface area contributed by atoms with E-state index in [4.69, 9.17) is 9.47 Å². The quantitative estimate of drug-likeness (QED) is 0.225. The highest BCUT2D eigenvalue weighted by atomic mass is 32.1. The average Bonchev–Trinajstić information content (AvgIpc) is 3.36. The fraction of sp³-hybridized carbons (Fsp3) is 0.194. The Bertz CT molecular complexity index is 1480. The van der Waals surface area contributed by atoms with Crippen LogP contribution in [0.1, 0.15) is 45.7 Å². The molecule has 0 spiro atoms. The number of ether oxygens (including phenoxy) is 2. The second kappa shape index (κ2) is 12.4. The van der Waals surface area contributed by atoms with Crippen molar-refractivity contribution in [2.24, 2.45) is 0 Å². The Kier molecular flexibility index (Phi) is 8.78. The summed E-state index contributed by atoms with van der Waals surface area (Å²) in [7, 11) is 0. The van der Waals surface area contributed by atoms with Crippen LogP contribution in [-0.4, -0.2) is 30.5 Å². The first-order chi connectivity index (χ1) is 18.8. The molecule has 1 aromatic heterocycles. The van der Waals surface area contributed by atoms with Gasteiger partial charge < -0.3 is 20.1 Å². The van der Waals surface area contributed by atoms with Crippen LogP contribution in [0.3, 0.4) is 0 Å². The maximum absolute atomic E-state index is 13.0. The number of nitrogens with one attached hydrogen (secondary N) is 2. The zero-order valence-corrected chi connectivity index (χ0v) is 23.1. The van der Waals surface area contributed by atoms with E-state index in [1.54, 1.807) is 44.2 Å². The smallest absolute Gasteiger partial charge is 0.341 e. The first-order valence-corrected chi connectivity index (χ1v) is 13.4. The first-order valence-electron chi connectivity index (χ1n) is 12.6. The lowest BCUT2D eigenvalue weighted by atomic mass is 10.1. The number of carbonyl (C=O) groups excluding carboxylic acids is 3. The number of amides is 2. The van der Waals surface area contributed by atoms with Crippen molar-refractivity contribution in [3.8, 4) is 16.2 Å². The first kappa shape index (κ1) is 27.6. The largest absolute Gasteiger partial charge is 0.481 e. The second-order valence-corrected chi connectivity index (χ2v) is 9.97. The Morgan fingerprint density at radius 3 is 2.31 bits per heavy atom. The summed E-state index contributed by atoms with van der Waals surface area (Å²) in [6.45, 7) is 7.57. The summed E-state index contributed by atoms with van der Waals surface area (Å²) in [5.74, 6) is -0.703. The van der Waals surface area contributed by atoms with Crippen molar-refractivity contribution in [3.63, 3.8) is 0 Å². The van der Waals surface area contributed by atoms with Crippen LogP contribution < -0.4 is 15.4 Å². The van der Waals surface area contributed by atoms with Crippen molar-refractivity contribution >= 4 is 39.8 Å². The third kappa shape index (κ3) is 6.72. The molecule has 0 fully saturated rings. The van der Waals surface area contributed by atoms with Gasteiger partial charge in [0, 0.05) is 16.1 Å². The molecule has 0 unspecified atom stereocenters. The summed E-state index contributed by atoms with van der Waals surface area (Å²) in [5.41, 5.74) is 4.45. The molecule has 0 aliphatic carbocycles.